The fourth-order valence-electron chi connectivity index (χ4n) is 2.80. The molecule has 0 bridgehead atoms. The molecule has 6 nitrogen and oxygen atoms in total. The van der Waals surface area contributed by atoms with Crippen molar-refractivity contribution in [1.29, 1.82) is 0 Å². The molecule has 0 spiro atoms. The van der Waals surface area contributed by atoms with Gasteiger partial charge < -0.3 is 10.1 Å². The molecule has 29 heavy (non-hydrogen) atoms. The Hall–Kier alpha value is -2.64. The average Bonchev–Trinajstić information content (AvgIpc) is 2.65. The van der Waals surface area contributed by atoms with E-state index >= 15 is 0 Å². The van der Waals surface area contributed by atoms with Crippen LogP contribution in [0.2, 0.25) is 0 Å². The van der Waals surface area contributed by atoms with E-state index in [9.17, 15) is 13.2 Å². The molecular weight excluding hydrogens is 388 g/mol. The van der Waals surface area contributed by atoms with E-state index in [2.05, 4.69) is 10.0 Å². The van der Waals surface area contributed by atoms with Gasteiger partial charge in [0.2, 0.25) is 15.9 Å². The number of hydrogen-bond donors (Lipinski definition) is 2. The standard InChI is InChI=1S/C22H28N2O4S/c1-16(2)24-29(26,27)21-11-8-18(9-12-21)10-13-22(25)23-17(3)14-19-6-5-7-20(15-19)28-4/h5-13,15-17,24H,14H2,1-4H3,(H,23,25)/b13-10+. The lowest BCUT2D eigenvalue weighted by molar-refractivity contribution is -0.117. The number of methoxy groups -OCH3 is 1. The molecule has 2 N–H and O–H groups in total. The van der Waals surface area contributed by atoms with Crippen molar-refractivity contribution in [1.82, 2.24) is 10.0 Å². The van der Waals surface area contributed by atoms with Crippen molar-refractivity contribution < 1.29 is 17.9 Å². The highest BCUT2D eigenvalue weighted by molar-refractivity contribution is 7.89. The lowest BCUT2D eigenvalue weighted by Gasteiger charge is -2.13. The zero-order chi connectivity index (χ0) is 21.4. The van der Waals surface area contributed by atoms with Crippen molar-refractivity contribution in [2.75, 3.05) is 7.11 Å². The summed E-state index contributed by atoms with van der Waals surface area (Å²) >= 11 is 0. The summed E-state index contributed by atoms with van der Waals surface area (Å²) in [6, 6.07) is 13.9. The number of carbonyl (C=O) groups excluding carboxylic acids is 1. The monoisotopic (exact) mass is 416 g/mol. The second-order valence-corrected chi connectivity index (χ2v) is 8.86. The van der Waals surface area contributed by atoms with Gasteiger partial charge in [0.25, 0.3) is 0 Å². The summed E-state index contributed by atoms with van der Waals surface area (Å²) in [4.78, 5) is 12.4. The lowest BCUT2D eigenvalue weighted by atomic mass is 10.1. The Bertz CT molecular complexity index is 951. The predicted molar refractivity (Wildman–Crippen MR) is 115 cm³/mol. The molecule has 0 saturated carbocycles. The highest BCUT2D eigenvalue weighted by Crippen LogP contribution is 2.14. The second kappa shape index (κ2) is 10.2. The van der Waals surface area contributed by atoms with E-state index in [0.717, 1.165) is 16.9 Å². The quantitative estimate of drug-likeness (QED) is 0.615. The zero-order valence-electron chi connectivity index (χ0n) is 17.2. The number of nitrogens with one attached hydrogen (secondary N) is 2. The van der Waals surface area contributed by atoms with Gasteiger partial charge in [-0.3, -0.25) is 4.79 Å². The Kier molecular flexibility index (Phi) is 7.99. The first-order valence-electron chi connectivity index (χ1n) is 9.43. The first-order valence-corrected chi connectivity index (χ1v) is 10.9. The molecule has 0 radical (unpaired) electrons. The minimum atomic E-state index is -3.52. The molecule has 1 unspecified atom stereocenters. The highest BCUT2D eigenvalue weighted by atomic mass is 32.2. The summed E-state index contributed by atoms with van der Waals surface area (Å²) in [7, 11) is -1.90. The summed E-state index contributed by atoms with van der Waals surface area (Å²) in [5, 5.41) is 2.92. The van der Waals surface area contributed by atoms with Gasteiger partial charge in [0.05, 0.1) is 12.0 Å². The van der Waals surface area contributed by atoms with E-state index in [1.54, 1.807) is 39.2 Å². The summed E-state index contributed by atoms with van der Waals surface area (Å²) in [5.41, 5.74) is 1.82. The maximum Gasteiger partial charge on any atom is 0.244 e. The van der Waals surface area contributed by atoms with Gasteiger partial charge in [-0.05, 0) is 68.7 Å². The molecule has 0 aliphatic carbocycles. The average molecular weight is 417 g/mol. The van der Waals surface area contributed by atoms with E-state index in [1.807, 2.05) is 31.2 Å². The number of hydrogen-bond acceptors (Lipinski definition) is 4. The fourth-order valence-corrected chi connectivity index (χ4v) is 4.05. The molecule has 1 atom stereocenters. The molecule has 0 aromatic heterocycles. The predicted octanol–water partition coefficient (Wildman–Crippen LogP) is 3.14. The van der Waals surface area contributed by atoms with E-state index < -0.39 is 10.0 Å². The minimum Gasteiger partial charge on any atom is -0.497 e. The third kappa shape index (κ3) is 7.36. The summed E-state index contributed by atoms with van der Waals surface area (Å²) in [6.45, 7) is 5.47. The molecule has 2 aromatic carbocycles. The molecule has 0 fully saturated rings. The number of benzene rings is 2. The molecule has 0 aliphatic heterocycles. The van der Waals surface area contributed by atoms with Gasteiger partial charge in [0, 0.05) is 18.2 Å². The van der Waals surface area contributed by atoms with Crippen LogP contribution in [0, 0.1) is 0 Å². The van der Waals surface area contributed by atoms with Crippen molar-refractivity contribution in [3.05, 3.63) is 65.7 Å². The maximum atomic E-state index is 12.2. The smallest absolute Gasteiger partial charge is 0.244 e. The van der Waals surface area contributed by atoms with Crippen molar-refractivity contribution in [3.63, 3.8) is 0 Å². The fraction of sp³-hybridized carbons (Fsp3) is 0.318. The first-order chi connectivity index (χ1) is 13.7. The maximum absolute atomic E-state index is 12.2. The van der Waals surface area contributed by atoms with Gasteiger partial charge in [-0.25, -0.2) is 13.1 Å². The molecule has 0 heterocycles. The van der Waals surface area contributed by atoms with Crippen molar-refractivity contribution >= 4 is 22.0 Å². The second-order valence-electron chi connectivity index (χ2n) is 7.14. The van der Waals surface area contributed by atoms with E-state index in [1.165, 1.54) is 18.2 Å². The topological polar surface area (TPSA) is 84.5 Å². The molecule has 0 saturated heterocycles. The van der Waals surface area contributed by atoms with Crippen molar-refractivity contribution in [2.45, 2.75) is 44.2 Å². The van der Waals surface area contributed by atoms with Crippen LogP contribution in [0.4, 0.5) is 0 Å². The normalized spacial score (nSPS) is 12.9. The van der Waals surface area contributed by atoms with Gasteiger partial charge in [-0.15, -0.1) is 0 Å². The van der Waals surface area contributed by atoms with E-state index in [0.29, 0.717) is 6.42 Å². The van der Waals surface area contributed by atoms with Crippen LogP contribution in [0.3, 0.4) is 0 Å². The number of ether oxygens (including phenoxy) is 1. The van der Waals surface area contributed by atoms with Crippen molar-refractivity contribution in [3.8, 4) is 5.75 Å². The molecular formula is C22H28N2O4S. The van der Waals surface area contributed by atoms with Crippen LogP contribution in [0.25, 0.3) is 6.08 Å². The SMILES string of the molecule is COc1cccc(CC(C)NC(=O)/C=C/c2ccc(S(=O)(=O)NC(C)C)cc2)c1. The molecule has 7 heteroatoms. The van der Waals surface area contributed by atoms with Crippen molar-refractivity contribution in [2.24, 2.45) is 0 Å². The van der Waals surface area contributed by atoms with Gasteiger partial charge in [0.15, 0.2) is 0 Å². The van der Waals surface area contributed by atoms with E-state index in [4.69, 9.17) is 4.74 Å². The Balaban J connectivity index is 1.92. The van der Waals surface area contributed by atoms with Crippen LogP contribution in [-0.4, -0.2) is 33.5 Å². The lowest BCUT2D eigenvalue weighted by Crippen LogP contribution is -2.32. The number of carbonyl (C=O) groups is 1. The third-order valence-corrected chi connectivity index (χ3v) is 5.75. The Labute approximate surface area is 173 Å². The van der Waals surface area contributed by atoms with E-state index in [-0.39, 0.29) is 22.9 Å². The Morgan fingerprint density at radius 3 is 2.41 bits per heavy atom. The van der Waals surface area contributed by atoms with Crippen LogP contribution in [0.1, 0.15) is 31.9 Å². The van der Waals surface area contributed by atoms with Crippen LogP contribution in [0.5, 0.6) is 5.75 Å². The largest absolute Gasteiger partial charge is 0.497 e. The van der Waals surface area contributed by atoms with Gasteiger partial charge in [0.1, 0.15) is 5.75 Å². The third-order valence-electron chi connectivity index (χ3n) is 4.07. The van der Waals surface area contributed by atoms with Crippen LogP contribution >= 0.6 is 0 Å². The summed E-state index contributed by atoms with van der Waals surface area (Å²) < 4.78 is 32.0. The number of rotatable bonds is 9. The summed E-state index contributed by atoms with van der Waals surface area (Å²) in [5.74, 6) is 0.577. The van der Waals surface area contributed by atoms with Gasteiger partial charge in [-0.1, -0.05) is 24.3 Å². The molecule has 0 aliphatic rings. The zero-order valence-corrected chi connectivity index (χ0v) is 18.0. The molecule has 156 valence electrons. The van der Waals surface area contributed by atoms with Crippen LogP contribution in [-0.2, 0) is 21.2 Å². The molecule has 2 rings (SSSR count). The minimum absolute atomic E-state index is 0.0473. The van der Waals surface area contributed by atoms with Crippen LogP contribution < -0.4 is 14.8 Å². The highest BCUT2D eigenvalue weighted by Gasteiger charge is 2.14. The number of amides is 1. The van der Waals surface area contributed by atoms with Crippen LogP contribution in [0.15, 0.2) is 59.5 Å². The first kappa shape index (κ1) is 22.6. The Morgan fingerprint density at radius 1 is 1.10 bits per heavy atom. The Morgan fingerprint density at radius 2 is 1.79 bits per heavy atom. The van der Waals surface area contributed by atoms with Gasteiger partial charge in [-0.2, -0.15) is 0 Å². The summed E-state index contributed by atoms with van der Waals surface area (Å²) in [6.07, 6.45) is 3.78. The number of sulfonamides is 1. The molecule has 2 aromatic rings. The van der Waals surface area contributed by atoms with Gasteiger partial charge >= 0.3 is 0 Å². The molecule has 1 amide bonds.